The molecule has 2 heterocycles. The van der Waals surface area contributed by atoms with Gasteiger partial charge in [0.1, 0.15) is 5.75 Å². The molecular weight excluding hydrogens is 470 g/mol. The van der Waals surface area contributed by atoms with E-state index in [0.29, 0.717) is 24.1 Å². The normalized spacial score (nSPS) is 14.5. The van der Waals surface area contributed by atoms with Crippen LogP contribution < -0.4 is 9.64 Å². The van der Waals surface area contributed by atoms with Crippen LogP contribution in [0.15, 0.2) is 90.1 Å². The third-order valence-corrected chi connectivity index (χ3v) is 7.35. The predicted octanol–water partition coefficient (Wildman–Crippen LogP) is 4.77. The van der Waals surface area contributed by atoms with Crippen LogP contribution >= 0.6 is 11.8 Å². The summed E-state index contributed by atoms with van der Waals surface area (Å²) in [4.78, 5) is 17.7. The number of amides is 1. The average Bonchev–Trinajstić information content (AvgIpc) is 3.37. The van der Waals surface area contributed by atoms with Gasteiger partial charge in [-0.15, -0.1) is 10.2 Å². The number of para-hydroxylation sites is 2. The number of carbonyl (C=O) groups is 1. The summed E-state index contributed by atoms with van der Waals surface area (Å²) in [7, 11) is 1.65. The first-order valence-corrected chi connectivity index (χ1v) is 12.9. The summed E-state index contributed by atoms with van der Waals surface area (Å²) in [5.41, 5.74) is 3.04. The molecule has 1 amide bonds. The number of ether oxygens (including phenoxy) is 1. The number of nitrogens with zero attached hydrogens (tertiary/aromatic N) is 5. The van der Waals surface area contributed by atoms with Crippen LogP contribution in [0.2, 0.25) is 0 Å². The molecule has 1 atom stereocenters. The first kappa shape index (κ1) is 23.9. The predicted molar refractivity (Wildman–Crippen MR) is 144 cm³/mol. The second-order valence-corrected chi connectivity index (χ2v) is 9.93. The maximum atomic E-state index is 13.4. The van der Waals surface area contributed by atoms with Crippen molar-refractivity contribution in [2.24, 2.45) is 0 Å². The van der Waals surface area contributed by atoms with Gasteiger partial charge in [0.15, 0.2) is 11.0 Å². The molecule has 1 aliphatic heterocycles. The van der Waals surface area contributed by atoms with Crippen LogP contribution in [0.1, 0.15) is 6.92 Å². The maximum Gasteiger partial charge on any atom is 0.236 e. The van der Waals surface area contributed by atoms with E-state index in [4.69, 9.17) is 4.74 Å². The van der Waals surface area contributed by atoms with Gasteiger partial charge in [0.05, 0.1) is 12.4 Å². The van der Waals surface area contributed by atoms with Gasteiger partial charge in [-0.1, -0.05) is 60.3 Å². The van der Waals surface area contributed by atoms with Crippen LogP contribution in [0, 0.1) is 0 Å². The number of piperazine rings is 1. The molecule has 8 heteroatoms. The third-order valence-electron chi connectivity index (χ3n) is 6.32. The zero-order chi connectivity index (χ0) is 24.9. The minimum absolute atomic E-state index is 0.123. The molecule has 1 unspecified atom stereocenters. The Labute approximate surface area is 215 Å². The number of carbonyl (C=O) groups excluding carboxylic acids is 1. The number of benzene rings is 3. The summed E-state index contributed by atoms with van der Waals surface area (Å²) < 4.78 is 7.42. The Balaban J connectivity index is 1.34. The van der Waals surface area contributed by atoms with Crippen LogP contribution in [-0.2, 0) is 4.79 Å². The minimum Gasteiger partial charge on any atom is -0.497 e. The van der Waals surface area contributed by atoms with Gasteiger partial charge in [0.2, 0.25) is 5.91 Å². The van der Waals surface area contributed by atoms with Crippen molar-refractivity contribution in [2.75, 3.05) is 38.2 Å². The molecule has 0 spiro atoms. The lowest BCUT2D eigenvalue weighted by atomic mass is 10.2. The zero-order valence-electron chi connectivity index (χ0n) is 20.4. The SMILES string of the molecule is COc1cccc(-c2nnc(SC(C)C(=O)N3CCN(c4ccccc4)CC3)n2-c2ccccc2)c1. The summed E-state index contributed by atoms with van der Waals surface area (Å²) in [6.45, 7) is 5.02. The van der Waals surface area contributed by atoms with Gasteiger partial charge in [-0.3, -0.25) is 9.36 Å². The lowest BCUT2D eigenvalue weighted by Crippen LogP contribution is -2.50. The third kappa shape index (κ3) is 5.09. The molecule has 0 saturated carbocycles. The van der Waals surface area contributed by atoms with E-state index >= 15 is 0 Å². The summed E-state index contributed by atoms with van der Waals surface area (Å²) >= 11 is 1.44. The van der Waals surface area contributed by atoms with Crippen molar-refractivity contribution in [1.82, 2.24) is 19.7 Å². The molecule has 1 saturated heterocycles. The molecule has 5 rings (SSSR count). The van der Waals surface area contributed by atoms with Crippen LogP contribution in [0.25, 0.3) is 17.1 Å². The van der Waals surface area contributed by atoms with Gasteiger partial charge in [-0.25, -0.2) is 0 Å². The van der Waals surface area contributed by atoms with Crippen molar-refractivity contribution in [3.8, 4) is 22.8 Å². The molecule has 1 aromatic heterocycles. The van der Waals surface area contributed by atoms with Gasteiger partial charge >= 0.3 is 0 Å². The Kier molecular flexibility index (Phi) is 7.23. The largest absolute Gasteiger partial charge is 0.497 e. The molecule has 184 valence electrons. The van der Waals surface area contributed by atoms with E-state index < -0.39 is 0 Å². The van der Waals surface area contributed by atoms with E-state index in [1.807, 2.05) is 89.2 Å². The van der Waals surface area contributed by atoms with Crippen LogP contribution in [-0.4, -0.2) is 64.1 Å². The van der Waals surface area contributed by atoms with Crippen molar-refractivity contribution >= 4 is 23.4 Å². The maximum absolute atomic E-state index is 13.4. The van der Waals surface area contributed by atoms with E-state index in [-0.39, 0.29) is 11.2 Å². The quantitative estimate of drug-likeness (QED) is 0.341. The first-order valence-electron chi connectivity index (χ1n) is 12.0. The molecule has 0 bridgehead atoms. The smallest absolute Gasteiger partial charge is 0.236 e. The second-order valence-electron chi connectivity index (χ2n) is 8.62. The Morgan fingerprint density at radius 1 is 0.861 bits per heavy atom. The fourth-order valence-electron chi connectivity index (χ4n) is 4.39. The van der Waals surface area contributed by atoms with Crippen molar-refractivity contribution in [1.29, 1.82) is 0 Å². The molecule has 0 aliphatic carbocycles. The topological polar surface area (TPSA) is 63.5 Å². The van der Waals surface area contributed by atoms with Crippen molar-refractivity contribution < 1.29 is 9.53 Å². The van der Waals surface area contributed by atoms with Crippen LogP contribution in [0.4, 0.5) is 5.69 Å². The van der Waals surface area contributed by atoms with Gasteiger partial charge < -0.3 is 14.5 Å². The van der Waals surface area contributed by atoms with Gasteiger partial charge in [0, 0.05) is 43.1 Å². The highest BCUT2D eigenvalue weighted by Crippen LogP contribution is 2.32. The number of anilines is 1. The highest BCUT2D eigenvalue weighted by atomic mass is 32.2. The second kappa shape index (κ2) is 10.9. The first-order chi connectivity index (χ1) is 17.6. The van der Waals surface area contributed by atoms with Crippen molar-refractivity contribution in [2.45, 2.75) is 17.3 Å². The number of rotatable bonds is 7. The Hall–Kier alpha value is -3.78. The molecule has 7 nitrogen and oxygen atoms in total. The number of hydrogen-bond donors (Lipinski definition) is 0. The lowest BCUT2D eigenvalue weighted by molar-refractivity contribution is -0.130. The fraction of sp³-hybridized carbons (Fsp3) is 0.250. The van der Waals surface area contributed by atoms with Gasteiger partial charge in [0.25, 0.3) is 0 Å². The summed E-state index contributed by atoms with van der Waals surface area (Å²) in [6.07, 6.45) is 0. The van der Waals surface area contributed by atoms with Crippen molar-refractivity contribution in [3.05, 3.63) is 84.9 Å². The molecule has 0 N–H and O–H groups in total. The Morgan fingerprint density at radius 3 is 2.19 bits per heavy atom. The highest BCUT2D eigenvalue weighted by Gasteiger charge is 2.28. The Bertz CT molecular complexity index is 1300. The van der Waals surface area contributed by atoms with Crippen molar-refractivity contribution in [3.63, 3.8) is 0 Å². The molecular formula is C28H29N5O2S. The molecule has 1 aliphatic rings. The molecule has 36 heavy (non-hydrogen) atoms. The molecule has 3 aromatic carbocycles. The minimum atomic E-state index is -0.293. The van der Waals surface area contributed by atoms with E-state index in [0.717, 1.165) is 30.1 Å². The summed E-state index contributed by atoms with van der Waals surface area (Å²) in [5, 5.41) is 9.40. The van der Waals surface area contributed by atoms with Crippen LogP contribution in [0.3, 0.4) is 0 Å². The lowest BCUT2D eigenvalue weighted by Gasteiger charge is -2.37. The van der Waals surface area contributed by atoms with E-state index in [2.05, 4.69) is 27.2 Å². The molecule has 0 radical (unpaired) electrons. The number of methoxy groups -OCH3 is 1. The molecule has 4 aromatic rings. The Morgan fingerprint density at radius 2 is 1.53 bits per heavy atom. The highest BCUT2D eigenvalue weighted by molar-refractivity contribution is 8.00. The van der Waals surface area contributed by atoms with E-state index in [1.165, 1.54) is 17.4 Å². The zero-order valence-corrected chi connectivity index (χ0v) is 21.3. The summed E-state index contributed by atoms with van der Waals surface area (Å²) in [5.74, 6) is 1.58. The average molecular weight is 500 g/mol. The van der Waals surface area contributed by atoms with Crippen LogP contribution in [0.5, 0.6) is 5.75 Å². The number of hydrogen-bond acceptors (Lipinski definition) is 6. The van der Waals surface area contributed by atoms with E-state index in [9.17, 15) is 4.79 Å². The number of aromatic nitrogens is 3. The van der Waals surface area contributed by atoms with E-state index in [1.54, 1.807) is 7.11 Å². The monoisotopic (exact) mass is 499 g/mol. The number of thioether (sulfide) groups is 1. The van der Waals surface area contributed by atoms with Gasteiger partial charge in [-0.05, 0) is 43.3 Å². The standard InChI is InChI=1S/C28H29N5O2S/c1-21(27(34)32-18-16-31(17-19-32)23-11-5-3-6-12-23)36-28-30-29-26(22-10-9-15-25(20-22)35-2)33(28)24-13-7-4-8-14-24/h3-15,20-21H,16-19H2,1-2H3. The summed E-state index contributed by atoms with van der Waals surface area (Å²) in [6, 6.07) is 28.1. The fourth-order valence-corrected chi connectivity index (χ4v) is 5.35. The molecule has 1 fully saturated rings. The van der Waals surface area contributed by atoms with Gasteiger partial charge in [-0.2, -0.15) is 0 Å².